The van der Waals surface area contributed by atoms with Crippen molar-refractivity contribution in [1.82, 2.24) is 30.4 Å². The molecular formula is C43H38N8O3. The Kier molecular flexibility index (Phi) is 9.66. The minimum Gasteiger partial charge on any atom is -0.495 e. The third kappa shape index (κ3) is 6.58. The van der Waals surface area contributed by atoms with Crippen LogP contribution in [-0.2, 0) is 4.79 Å². The van der Waals surface area contributed by atoms with Crippen LogP contribution in [0.2, 0.25) is 0 Å². The molecule has 8 aromatic rings. The Balaban J connectivity index is 1.39. The highest BCUT2D eigenvalue weighted by Crippen LogP contribution is 2.47. The van der Waals surface area contributed by atoms with Crippen LogP contribution in [0.25, 0.3) is 21.8 Å². The Morgan fingerprint density at radius 1 is 0.556 bits per heavy atom. The predicted octanol–water partition coefficient (Wildman–Crippen LogP) is 8.39. The fourth-order valence-electron chi connectivity index (χ4n) is 7.37. The molecule has 11 nitrogen and oxygen atoms in total. The van der Waals surface area contributed by atoms with Crippen molar-refractivity contribution in [1.29, 1.82) is 0 Å². The van der Waals surface area contributed by atoms with E-state index in [0.717, 1.165) is 32.9 Å². The summed E-state index contributed by atoms with van der Waals surface area (Å²) < 4.78 is 11.6. The Labute approximate surface area is 311 Å². The normalized spacial score (nSPS) is 13.5. The van der Waals surface area contributed by atoms with Crippen LogP contribution in [0.5, 0.6) is 11.5 Å². The summed E-state index contributed by atoms with van der Waals surface area (Å²) in [4.78, 5) is 23.2. The molecule has 0 saturated carbocycles. The highest BCUT2D eigenvalue weighted by Gasteiger charge is 2.43. The van der Waals surface area contributed by atoms with E-state index in [0.29, 0.717) is 34.3 Å². The number of H-pyrrole nitrogens is 2. The van der Waals surface area contributed by atoms with E-state index in [9.17, 15) is 0 Å². The smallest absolute Gasteiger partial charge is 0.152 e. The summed E-state index contributed by atoms with van der Waals surface area (Å²) in [6.45, 7) is 0. The topological polar surface area (TPSA) is 143 Å². The number of hydrogen-bond donors (Lipinski definition) is 4. The van der Waals surface area contributed by atoms with E-state index in [1.54, 1.807) is 26.6 Å². The molecule has 0 radical (unpaired) electrons. The second-order valence-electron chi connectivity index (χ2n) is 12.9. The molecule has 4 aromatic carbocycles. The van der Waals surface area contributed by atoms with Gasteiger partial charge < -0.3 is 30.1 Å². The van der Waals surface area contributed by atoms with Crippen LogP contribution in [0.3, 0.4) is 0 Å². The monoisotopic (exact) mass is 714 g/mol. The molecule has 4 aromatic heterocycles. The van der Waals surface area contributed by atoms with Gasteiger partial charge in [0.15, 0.2) is 5.78 Å². The first kappa shape index (κ1) is 34.1. The van der Waals surface area contributed by atoms with Gasteiger partial charge in [0.2, 0.25) is 0 Å². The molecule has 0 aliphatic heterocycles. The van der Waals surface area contributed by atoms with E-state index in [1.807, 2.05) is 134 Å². The molecule has 268 valence electrons. The van der Waals surface area contributed by atoms with Crippen LogP contribution in [0.1, 0.15) is 46.4 Å². The average Bonchev–Trinajstić information content (AvgIpc) is 3.86. The van der Waals surface area contributed by atoms with Crippen LogP contribution in [-0.4, -0.2) is 50.4 Å². The number of ketones is 1. The molecule has 11 heteroatoms. The van der Waals surface area contributed by atoms with E-state index in [1.165, 1.54) is 0 Å². The van der Waals surface area contributed by atoms with Gasteiger partial charge in [-0.1, -0.05) is 60.7 Å². The number of aromatic nitrogens is 6. The van der Waals surface area contributed by atoms with Gasteiger partial charge in [0, 0.05) is 46.6 Å². The van der Waals surface area contributed by atoms with Crippen molar-refractivity contribution in [2.75, 3.05) is 24.9 Å². The van der Waals surface area contributed by atoms with Gasteiger partial charge >= 0.3 is 0 Å². The molecule has 0 saturated heterocycles. The molecule has 4 heterocycles. The van der Waals surface area contributed by atoms with Gasteiger partial charge in [-0.3, -0.25) is 4.79 Å². The molecule has 54 heavy (non-hydrogen) atoms. The minimum atomic E-state index is -0.833. The summed E-state index contributed by atoms with van der Waals surface area (Å²) in [5.41, 5.74) is 5.98. The van der Waals surface area contributed by atoms with Crippen LogP contribution in [0, 0.1) is 0 Å². The largest absolute Gasteiger partial charge is 0.495 e. The molecule has 0 fully saturated rings. The van der Waals surface area contributed by atoms with E-state index >= 15 is 4.79 Å². The molecule has 8 rings (SSSR count). The predicted molar refractivity (Wildman–Crippen MR) is 210 cm³/mol. The summed E-state index contributed by atoms with van der Waals surface area (Å²) >= 11 is 0. The summed E-state index contributed by atoms with van der Waals surface area (Å²) in [5, 5.41) is 27.0. The van der Waals surface area contributed by atoms with Crippen molar-refractivity contribution in [3.05, 3.63) is 169 Å². The number of carbonyl (C=O) groups is 1. The lowest BCUT2D eigenvalue weighted by atomic mass is 9.75. The number of benzene rings is 4. The first-order valence-corrected chi connectivity index (χ1v) is 17.6. The number of rotatable bonds is 14. The lowest BCUT2D eigenvalue weighted by Gasteiger charge is -2.34. The molecule has 0 amide bonds. The molecule has 4 atom stereocenters. The van der Waals surface area contributed by atoms with E-state index in [-0.39, 0.29) is 5.78 Å². The van der Waals surface area contributed by atoms with Crippen molar-refractivity contribution >= 4 is 39.0 Å². The number of ether oxygens (including phenoxy) is 2. The molecule has 0 bridgehead atoms. The SMILES string of the molecule is COc1ccccc1NC(c1cccnn1)C(C(=O)C(c1c[nH]c2ccccc12)C(Nc1ccccc1OC)c1cccnn1)c1c[nH]c2ccccc12. The number of hydrogen-bond acceptors (Lipinski definition) is 9. The van der Waals surface area contributed by atoms with Crippen molar-refractivity contribution in [2.24, 2.45) is 0 Å². The van der Waals surface area contributed by atoms with Gasteiger partial charge in [0.25, 0.3) is 0 Å². The maximum absolute atomic E-state index is 16.4. The van der Waals surface area contributed by atoms with Gasteiger partial charge in [-0.05, 0) is 71.8 Å². The Morgan fingerprint density at radius 3 is 1.41 bits per heavy atom. The third-order valence-corrected chi connectivity index (χ3v) is 9.85. The van der Waals surface area contributed by atoms with Gasteiger partial charge in [-0.15, -0.1) is 0 Å². The number of anilines is 2. The minimum absolute atomic E-state index is 0.0967. The average molecular weight is 715 g/mol. The fraction of sp³-hybridized carbons (Fsp3) is 0.140. The van der Waals surface area contributed by atoms with Crippen LogP contribution in [0.4, 0.5) is 11.4 Å². The molecular weight excluding hydrogens is 677 g/mol. The highest BCUT2D eigenvalue weighted by atomic mass is 16.5. The quantitative estimate of drug-likeness (QED) is 0.0874. The zero-order chi connectivity index (χ0) is 36.9. The van der Waals surface area contributed by atoms with E-state index in [2.05, 4.69) is 41.0 Å². The van der Waals surface area contributed by atoms with Gasteiger partial charge in [-0.2, -0.15) is 20.4 Å². The Bertz CT molecular complexity index is 2330. The second kappa shape index (κ2) is 15.3. The number of nitrogens with one attached hydrogen (secondary N) is 4. The van der Waals surface area contributed by atoms with Gasteiger partial charge in [-0.25, -0.2) is 0 Å². The van der Waals surface area contributed by atoms with Crippen molar-refractivity contribution in [3.8, 4) is 11.5 Å². The lowest BCUT2D eigenvalue weighted by molar-refractivity contribution is -0.122. The Morgan fingerprint density at radius 2 is 0.981 bits per heavy atom. The van der Waals surface area contributed by atoms with Gasteiger partial charge in [0.1, 0.15) is 11.5 Å². The van der Waals surface area contributed by atoms with Crippen LogP contribution in [0.15, 0.2) is 146 Å². The number of fused-ring (bicyclic) bond motifs is 2. The third-order valence-electron chi connectivity index (χ3n) is 9.85. The molecule has 4 unspecified atom stereocenters. The maximum atomic E-state index is 16.4. The molecule has 0 aliphatic rings. The number of para-hydroxylation sites is 6. The number of nitrogens with zero attached hydrogens (tertiary/aromatic N) is 4. The number of aromatic amines is 2. The first-order chi connectivity index (χ1) is 26.6. The molecule has 0 aliphatic carbocycles. The second-order valence-corrected chi connectivity index (χ2v) is 12.9. The Hall–Kier alpha value is -7.01. The molecule has 0 spiro atoms. The number of Topliss-reactive ketones (excluding diaryl/α,β-unsaturated/α-hetero) is 1. The summed E-state index contributed by atoms with van der Waals surface area (Å²) in [6, 6.07) is 37.3. The summed E-state index contributed by atoms with van der Waals surface area (Å²) in [6.07, 6.45) is 7.11. The lowest BCUT2D eigenvalue weighted by Crippen LogP contribution is -2.35. The van der Waals surface area contributed by atoms with Crippen molar-refractivity contribution < 1.29 is 14.3 Å². The first-order valence-electron chi connectivity index (χ1n) is 17.6. The van der Waals surface area contributed by atoms with Crippen LogP contribution < -0.4 is 20.1 Å². The fourth-order valence-corrected chi connectivity index (χ4v) is 7.37. The molecule has 4 N–H and O–H groups in total. The van der Waals surface area contributed by atoms with E-state index < -0.39 is 23.9 Å². The number of carbonyl (C=O) groups excluding carboxylic acids is 1. The maximum Gasteiger partial charge on any atom is 0.152 e. The van der Waals surface area contributed by atoms with Crippen LogP contribution >= 0.6 is 0 Å². The van der Waals surface area contributed by atoms with E-state index in [4.69, 9.17) is 9.47 Å². The standard InChI is InChI=1S/C43H38N8O3/c1-53-37-21-9-7-17-33(37)48-41(35-19-11-23-46-50-35)39(29-25-44-31-15-5-3-13-27(29)31)43(52)40(30-26-45-32-16-6-4-14-28(30)32)42(36-20-12-24-47-51-36)49-34-18-8-10-22-38(34)54-2/h3-26,39-42,44-45,48-49H,1-2H3. The zero-order valence-electron chi connectivity index (χ0n) is 29.7. The summed E-state index contributed by atoms with van der Waals surface area (Å²) in [5.74, 6) is -0.513. The van der Waals surface area contributed by atoms with Crippen molar-refractivity contribution in [2.45, 2.75) is 23.9 Å². The van der Waals surface area contributed by atoms with Crippen molar-refractivity contribution in [3.63, 3.8) is 0 Å². The van der Waals surface area contributed by atoms with Gasteiger partial charge in [0.05, 0.1) is 60.9 Å². The highest BCUT2D eigenvalue weighted by molar-refractivity contribution is 6.01. The zero-order valence-corrected chi connectivity index (χ0v) is 29.7. The summed E-state index contributed by atoms with van der Waals surface area (Å²) in [7, 11) is 3.25. The number of methoxy groups -OCH3 is 2.